The Morgan fingerprint density at radius 2 is 2.36 bits per heavy atom. The Bertz CT molecular complexity index is 262. The number of aliphatic hydroxyl groups is 1. The fourth-order valence-electron chi connectivity index (χ4n) is 1.19. The van der Waals surface area contributed by atoms with Crippen molar-refractivity contribution in [3.05, 3.63) is 21.9 Å². The molecule has 1 rings (SSSR count). The van der Waals surface area contributed by atoms with E-state index in [4.69, 9.17) is 4.74 Å². The predicted octanol–water partition coefficient (Wildman–Crippen LogP) is 1.15. The van der Waals surface area contributed by atoms with E-state index in [0.29, 0.717) is 13.2 Å². The Balaban J connectivity index is 2.19. The molecule has 0 aliphatic rings. The van der Waals surface area contributed by atoms with Gasteiger partial charge >= 0.3 is 0 Å². The monoisotopic (exact) mass is 215 g/mol. The molecular formula is C10H17NO2S. The highest BCUT2D eigenvalue weighted by molar-refractivity contribution is 7.08. The minimum atomic E-state index is -0.418. The lowest BCUT2D eigenvalue weighted by Gasteiger charge is -2.10. The van der Waals surface area contributed by atoms with E-state index in [9.17, 15) is 5.11 Å². The molecule has 0 aromatic carbocycles. The van der Waals surface area contributed by atoms with Crippen LogP contribution in [0.5, 0.6) is 0 Å². The first-order valence-electron chi connectivity index (χ1n) is 4.63. The zero-order valence-electron chi connectivity index (χ0n) is 8.62. The van der Waals surface area contributed by atoms with E-state index < -0.39 is 6.10 Å². The molecule has 3 nitrogen and oxygen atoms in total. The van der Waals surface area contributed by atoms with Gasteiger partial charge in [-0.05, 0) is 28.8 Å². The van der Waals surface area contributed by atoms with Gasteiger partial charge in [0.05, 0.1) is 12.7 Å². The maximum absolute atomic E-state index is 9.36. The van der Waals surface area contributed by atoms with Crippen LogP contribution in [0.1, 0.15) is 11.1 Å². The number of aryl methyl sites for hydroxylation is 1. The molecule has 0 saturated heterocycles. The molecule has 0 saturated carbocycles. The van der Waals surface area contributed by atoms with E-state index in [1.807, 2.05) is 0 Å². The van der Waals surface area contributed by atoms with Crippen molar-refractivity contribution < 1.29 is 9.84 Å². The molecule has 4 heteroatoms. The summed E-state index contributed by atoms with van der Waals surface area (Å²) >= 11 is 1.71. The van der Waals surface area contributed by atoms with E-state index in [0.717, 1.165) is 6.54 Å². The summed E-state index contributed by atoms with van der Waals surface area (Å²) in [6.45, 7) is 3.87. The molecule has 1 aromatic rings. The lowest BCUT2D eigenvalue weighted by atomic mass is 10.2. The standard InChI is InChI=1S/C10H17NO2S/c1-8-6-14-7-9(8)3-11-4-10(12)5-13-2/h6-7,10-12H,3-5H2,1-2H3. The first-order valence-corrected chi connectivity index (χ1v) is 5.57. The van der Waals surface area contributed by atoms with Gasteiger partial charge in [0.15, 0.2) is 0 Å². The molecule has 0 aliphatic heterocycles. The molecule has 1 atom stereocenters. The zero-order valence-corrected chi connectivity index (χ0v) is 9.43. The smallest absolute Gasteiger partial charge is 0.0897 e. The van der Waals surface area contributed by atoms with Crippen LogP contribution in [0.3, 0.4) is 0 Å². The number of rotatable bonds is 6. The van der Waals surface area contributed by atoms with Crippen molar-refractivity contribution in [3.63, 3.8) is 0 Å². The molecule has 0 fully saturated rings. The van der Waals surface area contributed by atoms with Gasteiger partial charge in [-0.25, -0.2) is 0 Å². The number of hydrogen-bond donors (Lipinski definition) is 2. The van der Waals surface area contributed by atoms with Crippen LogP contribution < -0.4 is 5.32 Å². The van der Waals surface area contributed by atoms with Crippen LogP contribution in [0.4, 0.5) is 0 Å². The second-order valence-electron chi connectivity index (χ2n) is 3.32. The Kier molecular flexibility index (Phi) is 5.11. The van der Waals surface area contributed by atoms with Crippen molar-refractivity contribution in [1.82, 2.24) is 5.32 Å². The van der Waals surface area contributed by atoms with Gasteiger partial charge in [-0.1, -0.05) is 0 Å². The normalized spacial score (nSPS) is 13.1. The maximum Gasteiger partial charge on any atom is 0.0897 e. The van der Waals surface area contributed by atoms with Crippen LogP contribution in [-0.2, 0) is 11.3 Å². The summed E-state index contributed by atoms with van der Waals surface area (Å²) in [5, 5.41) is 16.8. The molecule has 0 spiro atoms. The molecule has 14 heavy (non-hydrogen) atoms. The summed E-state index contributed by atoms with van der Waals surface area (Å²) in [6, 6.07) is 0. The van der Waals surface area contributed by atoms with Gasteiger partial charge in [0.25, 0.3) is 0 Å². The van der Waals surface area contributed by atoms with E-state index in [2.05, 4.69) is 23.0 Å². The fraction of sp³-hybridized carbons (Fsp3) is 0.600. The Morgan fingerprint density at radius 3 is 2.93 bits per heavy atom. The number of methoxy groups -OCH3 is 1. The van der Waals surface area contributed by atoms with E-state index in [1.165, 1.54) is 11.1 Å². The maximum atomic E-state index is 9.36. The second-order valence-corrected chi connectivity index (χ2v) is 4.06. The Hall–Kier alpha value is -0.420. The van der Waals surface area contributed by atoms with Gasteiger partial charge in [-0.2, -0.15) is 11.3 Å². The predicted molar refractivity (Wildman–Crippen MR) is 58.6 cm³/mol. The Morgan fingerprint density at radius 1 is 1.57 bits per heavy atom. The van der Waals surface area contributed by atoms with Crippen LogP contribution >= 0.6 is 11.3 Å². The van der Waals surface area contributed by atoms with E-state index in [-0.39, 0.29) is 0 Å². The second kappa shape index (κ2) is 6.14. The third-order valence-electron chi connectivity index (χ3n) is 2.02. The van der Waals surface area contributed by atoms with Gasteiger partial charge in [-0.3, -0.25) is 0 Å². The van der Waals surface area contributed by atoms with E-state index >= 15 is 0 Å². The van der Waals surface area contributed by atoms with Crippen molar-refractivity contribution in [1.29, 1.82) is 0 Å². The molecule has 80 valence electrons. The third kappa shape index (κ3) is 3.75. The molecule has 0 amide bonds. The Labute approximate surface area is 88.7 Å². The summed E-state index contributed by atoms with van der Waals surface area (Å²) in [6.07, 6.45) is -0.418. The van der Waals surface area contributed by atoms with Crippen molar-refractivity contribution in [3.8, 4) is 0 Å². The van der Waals surface area contributed by atoms with E-state index in [1.54, 1.807) is 18.4 Å². The van der Waals surface area contributed by atoms with Gasteiger partial charge in [0, 0.05) is 20.2 Å². The highest BCUT2D eigenvalue weighted by Crippen LogP contribution is 2.12. The van der Waals surface area contributed by atoms with Gasteiger partial charge in [-0.15, -0.1) is 0 Å². The van der Waals surface area contributed by atoms with Crippen LogP contribution in [0.15, 0.2) is 10.8 Å². The lowest BCUT2D eigenvalue weighted by Crippen LogP contribution is -2.29. The summed E-state index contributed by atoms with van der Waals surface area (Å²) in [7, 11) is 1.59. The number of aliphatic hydroxyl groups excluding tert-OH is 1. The molecule has 1 aromatic heterocycles. The summed E-state index contributed by atoms with van der Waals surface area (Å²) in [5.41, 5.74) is 2.61. The summed E-state index contributed by atoms with van der Waals surface area (Å²) < 4.78 is 4.83. The van der Waals surface area contributed by atoms with Crippen LogP contribution in [0, 0.1) is 6.92 Å². The highest BCUT2D eigenvalue weighted by atomic mass is 32.1. The first-order chi connectivity index (χ1) is 6.74. The van der Waals surface area contributed by atoms with Gasteiger partial charge in [0.2, 0.25) is 0 Å². The average molecular weight is 215 g/mol. The van der Waals surface area contributed by atoms with Crippen molar-refractivity contribution in [2.24, 2.45) is 0 Å². The molecular weight excluding hydrogens is 198 g/mol. The zero-order chi connectivity index (χ0) is 10.4. The van der Waals surface area contributed by atoms with Crippen molar-refractivity contribution >= 4 is 11.3 Å². The van der Waals surface area contributed by atoms with Crippen molar-refractivity contribution in [2.45, 2.75) is 19.6 Å². The first kappa shape index (κ1) is 11.7. The highest BCUT2D eigenvalue weighted by Gasteiger charge is 2.03. The third-order valence-corrected chi connectivity index (χ3v) is 2.93. The largest absolute Gasteiger partial charge is 0.389 e. The quantitative estimate of drug-likeness (QED) is 0.748. The topological polar surface area (TPSA) is 41.5 Å². The summed E-state index contributed by atoms with van der Waals surface area (Å²) in [4.78, 5) is 0. The summed E-state index contributed by atoms with van der Waals surface area (Å²) in [5.74, 6) is 0. The van der Waals surface area contributed by atoms with Crippen LogP contribution in [0.2, 0.25) is 0 Å². The minimum Gasteiger partial charge on any atom is -0.389 e. The fourth-order valence-corrected chi connectivity index (χ4v) is 2.05. The molecule has 1 heterocycles. The lowest BCUT2D eigenvalue weighted by molar-refractivity contribution is 0.0644. The molecule has 0 bridgehead atoms. The van der Waals surface area contributed by atoms with Crippen LogP contribution in [0.25, 0.3) is 0 Å². The number of hydrogen-bond acceptors (Lipinski definition) is 4. The number of nitrogens with one attached hydrogen (secondary N) is 1. The van der Waals surface area contributed by atoms with Gasteiger partial charge < -0.3 is 15.2 Å². The van der Waals surface area contributed by atoms with Crippen LogP contribution in [-0.4, -0.2) is 31.5 Å². The molecule has 2 N–H and O–H groups in total. The molecule has 0 aliphatic carbocycles. The van der Waals surface area contributed by atoms with Crippen molar-refractivity contribution in [2.75, 3.05) is 20.3 Å². The minimum absolute atomic E-state index is 0.385. The number of ether oxygens (including phenoxy) is 1. The van der Waals surface area contributed by atoms with Gasteiger partial charge in [0.1, 0.15) is 0 Å². The average Bonchev–Trinajstić information content (AvgIpc) is 2.52. The molecule has 0 radical (unpaired) electrons. The molecule has 1 unspecified atom stereocenters. The SMILES string of the molecule is COCC(O)CNCc1cscc1C. The number of thiophene rings is 1.